The lowest BCUT2D eigenvalue weighted by molar-refractivity contribution is 0.548. The normalized spacial score (nSPS) is 19.0. The Bertz CT molecular complexity index is 1200. The molecule has 0 amide bonds. The first kappa shape index (κ1) is 22.5. The Morgan fingerprint density at radius 3 is 1.83 bits per heavy atom. The number of halogens is 2. The van der Waals surface area contributed by atoms with Crippen LogP contribution in [0.5, 0.6) is 0 Å². The number of hydrogen-bond donors (Lipinski definition) is 0. The Hall–Kier alpha value is -1.23. The summed E-state index contributed by atoms with van der Waals surface area (Å²) in [5.74, 6) is 0.214. The van der Waals surface area contributed by atoms with E-state index in [0.717, 1.165) is 14.9 Å². The van der Waals surface area contributed by atoms with Gasteiger partial charge in [-0.15, -0.1) is 7.48 Å². The molecule has 0 spiro atoms. The van der Waals surface area contributed by atoms with E-state index in [1.54, 1.807) is 0 Å². The predicted molar refractivity (Wildman–Crippen MR) is 117 cm³/mol. The lowest BCUT2D eigenvalue weighted by Crippen LogP contribution is -2.39. The van der Waals surface area contributed by atoms with Crippen molar-refractivity contribution in [2.45, 2.75) is 23.6 Å². The zero-order valence-corrected chi connectivity index (χ0v) is 19.5. The van der Waals surface area contributed by atoms with Crippen LogP contribution >= 0.6 is 23.2 Å². The van der Waals surface area contributed by atoms with Gasteiger partial charge in [0.1, 0.15) is 0 Å². The Kier molecular flexibility index (Phi) is 6.57. The first-order valence-electron chi connectivity index (χ1n) is 8.39. The SMILES string of the molecule is CC1=C(C)C[S@@](=NS(=O)(=O)c2ccc(Cl)cc2)N(S(=O)(=O)c2ccc(Cl)cc2)C1. The zero-order chi connectivity index (χ0) is 21.4. The molecule has 29 heavy (non-hydrogen) atoms. The van der Waals surface area contributed by atoms with Gasteiger partial charge in [-0.2, -0.15) is 8.42 Å². The summed E-state index contributed by atoms with van der Waals surface area (Å²) in [6, 6.07) is 11.3. The highest BCUT2D eigenvalue weighted by molar-refractivity contribution is 8.06. The maximum atomic E-state index is 13.2. The molecule has 0 aliphatic carbocycles. The third-order valence-corrected chi connectivity index (χ3v) is 11.1. The number of sulfonamides is 2. The summed E-state index contributed by atoms with van der Waals surface area (Å²) >= 11 is 11.7. The summed E-state index contributed by atoms with van der Waals surface area (Å²) in [7, 11) is -9.47. The van der Waals surface area contributed by atoms with Crippen LogP contribution in [-0.2, 0) is 30.9 Å². The molecule has 1 atom stereocenters. The van der Waals surface area contributed by atoms with Crippen molar-refractivity contribution in [3.63, 3.8) is 0 Å². The lowest BCUT2D eigenvalue weighted by atomic mass is 10.2. The van der Waals surface area contributed by atoms with Gasteiger partial charge in [0.05, 0.1) is 9.79 Å². The van der Waals surface area contributed by atoms with Crippen molar-refractivity contribution in [2.24, 2.45) is 3.77 Å². The van der Waals surface area contributed by atoms with Crippen LogP contribution < -0.4 is 0 Å². The fourth-order valence-electron chi connectivity index (χ4n) is 2.54. The quantitative estimate of drug-likeness (QED) is 0.590. The Morgan fingerprint density at radius 2 is 1.31 bits per heavy atom. The molecule has 0 radical (unpaired) electrons. The third-order valence-electron chi connectivity index (χ3n) is 4.35. The van der Waals surface area contributed by atoms with Gasteiger partial charge in [0.15, 0.2) is 0 Å². The van der Waals surface area contributed by atoms with E-state index >= 15 is 0 Å². The lowest BCUT2D eigenvalue weighted by Gasteiger charge is -2.30. The average Bonchev–Trinajstić information content (AvgIpc) is 2.65. The van der Waals surface area contributed by atoms with Crippen LogP contribution in [0.25, 0.3) is 0 Å². The summed E-state index contributed by atoms with van der Waals surface area (Å²) in [6.07, 6.45) is 0. The molecule has 2 aromatic rings. The monoisotopic (exact) mass is 492 g/mol. The summed E-state index contributed by atoms with van der Waals surface area (Å²) in [6.45, 7) is 3.75. The average molecular weight is 493 g/mol. The second kappa shape index (κ2) is 8.49. The van der Waals surface area contributed by atoms with Crippen molar-refractivity contribution in [3.05, 3.63) is 69.7 Å². The van der Waals surface area contributed by atoms with E-state index in [1.807, 2.05) is 13.8 Å². The van der Waals surface area contributed by atoms with Crippen molar-refractivity contribution < 1.29 is 16.8 Å². The first-order valence-corrected chi connectivity index (χ1v) is 13.3. The molecule has 2 aromatic carbocycles. The molecule has 6 nitrogen and oxygen atoms in total. The third kappa shape index (κ3) is 4.92. The van der Waals surface area contributed by atoms with Gasteiger partial charge in [-0.3, -0.25) is 0 Å². The number of rotatable bonds is 4. The van der Waals surface area contributed by atoms with Gasteiger partial charge in [-0.05, 0) is 62.4 Å². The van der Waals surface area contributed by atoms with E-state index in [2.05, 4.69) is 3.77 Å². The van der Waals surface area contributed by atoms with Crippen LogP contribution in [0.2, 0.25) is 10.0 Å². The van der Waals surface area contributed by atoms with Gasteiger partial charge < -0.3 is 0 Å². The summed E-state index contributed by atoms with van der Waals surface area (Å²) in [4.78, 5) is -0.00647. The van der Waals surface area contributed by atoms with Crippen LogP contribution in [0, 0.1) is 0 Å². The van der Waals surface area contributed by atoms with Crippen molar-refractivity contribution in [1.82, 2.24) is 3.71 Å². The standard InChI is InChI=1S/C18H18Cl2N2O4S3/c1-13-11-22(29(25,26)18-9-5-16(20)6-10-18)27(12-14(13)2)21-28(23,24)17-7-3-15(19)4-8-17/h3-10H,11-12H2,1-2H3/t27-/m0/s1. The zero-order valence-electron chi connectivity index (χ0n) is 15.5. The molecule has 11 heteroatoms. The number of hydrogen-bond acceptors (Lipinski definition) is 4. The smallest absolute Gasteiger partial charge is 0.206 e. The van der Waals surface area contributed by atoms with Crippen molar-refractivity contribution >= 4 is 54.1 Å². The summed E-state index contributed by atoms with van der Waals surface area (Å²) in [5.41, 5.74) is 1.79. The molecule has 0 unspecified atom stereocenters. The van der Waals surface area contributed by atoms with Crippen LogP contribution in [-0.4, -0.2) is 32.8 Å². The molecule has 0 fully saturated rings. The molecule has 0 N–H and O–H groups in total. The van der Waals surface area contributed by atoms with E-state index in [4.69, 9.17) is 23.2 Å². The highest BCUT2D eigenvalue weighted by Crippen LogP contribution is 2.28. The van der Waals surface area contributed by atoms with E-state index in [1.165, 1.54) is 48.5 Å². The van der Waals surface area contributed by atoms with Gasteiger partial charge in [-0.1, -0.05) is 34.3 Å². The Morgan fingerprint density at radius 1 is 0.828 bits per heavy atom. The molecule has 0 saturated carbocycles. The molecule has 1 aliphatic heterocycles. The number of benzene rings is 2. The summed E-state index contributed by atoms with van der Waals surface area (Å²) in [5, 5.41) is 0.800. The van der Waals surface area contributed by atoms with Gasteiger partial charge in [0, 0.05) is 33.2 Å². The maximum absolute atomic E-state index is 13.2. The molecule has 0 aromatic heterocycles. The van der Waals surface area contributed by atoms with Crippen LogP contribution in [0.4, 0.5) is 0 Å². The van der Waals surface area contributed by atoms with Gasteiger partial charge in [0.2, 0.25) is 0 Å². The Balaban J connectivity index is 2.10. The maximum Gasteiger partial charge on any atom is 0.289 e. The topological polar surface area (TPSA) is 83.9 Å². The molecule has 3 rings (SSSR count). The molecule has 1 heterocycles. The number of nitrogens with zero attached hydrogens (tertiary/aromatic N) is 2. The van der Waals surface area contributed by atoms with Crippen LogP contribution in [0.15, 0.2) is 73.2 Å². The summed E-state index contributed by atoms with van der Waals surface area (Å²) < 4.78 is 57.2. The van der Waals surface area contributed by atoms with E-state index in [9.17, 15) is 16.8 Å². The molecule has 1 aliphatic rings. The van der Waals surface area contributed by atoms with E-state index in [-0.39, 0.29) is 22.1 Å². The second-order valence-corrected chi connectivity index (χ2v) is 12.9. The fourth-order valence-corrected chi connectivity index (χ4v) is 8.80. The van der Waals surface area contributed by atoms with Gasteiger partial charge in [-0.25, -0.2) is 8.42 Å². The van der Waals surface area contributed by atoms with E-state index in [0.29, 0.717) is 10.0 Å². The van der Waals surface area contributed by atoms with E-state index < -0.39 is 30.9 Å². The molecular formula is C18H18Cl2N2O4S3. The van der Waals surface area contributed by atoms with Crippen molar-refractivity contribution in [2.75, 3.05) is 12.3 Å². The highest BCUT2D eigenvalue weighted by Gasteiger charge is 2.33. The Labute approximate surface area is 183 Å². The molecule has 0 saturated heterocycles. The predicted octanol–water partition coefficient (Wildman–Crippen LogP) is 4.44. The fraction of sp³-hybridized carbons (Fsp3) is 0.222. The minimum atomic E-state index is -4.07. The van der Waals surface area contributed by atoms with Gasteiger partial charge in [0.25, 0.3) is 20.0 Å². The molecule has 156 valence electrons. The minimum absolute atomic E-state index is 0.0332. The van der Waals surface area contributed by atoms with Crippen LogP contribution in [0.1, 0.15) is 13.8 Å². The van der Waals surface area contributed by atoms with Crippen molar-refractivity contribution in [1.29, 1.82) is 0 Å². The van der Waals surface area contributed by atoms with Crippen LogP contribution in [0.3, 0.4) is 0 Å². The van der Waals surface area contributed by atoms with Gasteiger partial charge >= 0.3 is 0 Å². The first-order chi connectivity index (χ1) is 13.5. The highest BCUT2D eigenvalue weighted by atomic mass is 35.5. The largest absolute Gasteiger partial charge is 0.289 e. The van der Waals surface area contributed by atoms with Crippen molar-refractivity contribution in [3.8, 4) is 0 Å². The molecule has 0 bridgehead atoms. The second-order valence-electron chi connectivity index (χ2n) is 6.47. The minimum Gasteiger partial charge on any atom is -0.206 e. The molecular weight excluding hydrogens is 475 g/mol.